The Kier molecular flexibility index (Phi) is 3.91. The largest absolute Gasteiger partial charge is 0.395 e. The number of aliphatic hydroxyl groups is 1. The van der Waals surface area contributed by atoms with Gasteiger partial charge in [0.1, 0.15) is 0 Å². The molecule has 1 unspecified atom stereocenters. The fourth-order valence-corrected chi connectivity index (χ4v) is 1.83. The van der Waals surface area contributed by atoms with Gasteiger partial charge in [0.15, 0.2) is 0 Å². The number of aliphatic hydroxyl groups excluding tert-OH is 1. The molecule has 0 heterocycles. The van der Waals surface area contributed by atoms with E-state index in [1.54, 1.807) is 0 Å². The Morgan fingerprint density at radius 3 is 2.06 bits per heavy atom. The quantitative estimate of drug-likeness (QED) is 0.841. The average molecular weight is 227 g/mol. The fraction of sp³-hybridized carbons (Fsp3) is 0.200. The van der Waals surface area contributed by atoms with Gasteiger partial charge in [-0.05, 0) is 23.1 Å². The molecule has 0 saturated carbocycles. The molecule has 2 aromatic carbocycles. The Morgan fingerprint density at radius 1 is 0.882 bits per heavy atom. The zero-order valence-electron chi connectivity index (χ0n) is 9.71. The molecule has 1 atom stereocenters. The summed E-state index contributed by atoms with van der Waals surface area (Å²) in [4.78, 5) is 0. The highest BCUT2D eigenvalue weighted by molar-refractivity contribution is 5.63. The molecule has 2 rings (SSSR count). The summed E-state index contributed by atoms with van der Waals surface area (Å²) in [5, 5.41) is 8.90. The van der Waals surface area contributed by atoms with Crippen molar-refractivity contribution in [3.05, 3.63) is 60.2 Å². The lowest BCUT2D eigenvalue weighted by Crippen LogP contribution is -2.26. The van der Waals surface area contributed by atoms with Crippen molar-refractivity contribution in [3.63, 3.8) is 0 Å². The first kappa shape index (κ1) is 11.8. The molecule has 17 heavy (non-hydrogen) atoms. The molecule has 0 spiro atoms. The van der Waals surface area contributed by atoms with E-state index in [4.69, 9.17) is 10.8 Å². The zero-order chi connectivity index (χ0) is 12.1. The van der Waals surface area contributed by atoms with Crippen LogP contribution in [0.25, 0.3) is 11.1 Å². The summed E-state index contributed by atoms with van der Waals surface area (Å²) in [5.74, 6) is 0. The summed E-state index contributed by atoms with van der Waals surface area (Å²) in [6.07, 6.45) is 0.714. The molecule has 0 aliphatic heterocycles. The van der Waals surface area contributed by atoms with Gasteiger partial charge in [-0.15, -0.1) is 0 Å². The van der Waals surface area contributed by atoms with Crippen LogP contribution >= 0.6 is 0 Å². The highest BCUT2D eigenvalue weighted by atomic mass is 16.3. The Balaban J connectivity index is 2.13. The van der Waals surface area contributed by atoms with E-state index in [0.717, 1.165) is 5.56 Å². The van der Waals surface area contributed by atoms with Gasteiger partial charge in [0.25, 0.3) is 0 Å². The van der Waals surface area contributed by atoms with Crippen molar-refractivity contribution < 1.29 is 5.11 Å². The molecular formula is C15H17NO. The van der Waals surface area contributed by atoms with Crippen LogP contribution in [0.1, 0.15) is 5.56 Å². The highest BCUT2D eigenvalue weighted by Crippen LogP contribution is 2.19. The third-order valence-electron chi connectivity index (χ3n) is 2.79. The van der Waals surface area contributed by atoms with Crippen LogP contribution in [0.15, 0.2) is 54.6 Å². The number of rotatable bonds is 4. The first-order chi connectivity index (χ1) is 8.29. The topological polar surface area (TPSA) is 46.2 Å². The van der Waals surface area contributed by atoms with Crippen LogP contribution in [-0.2, 0) is 6.42 Å². The maximum absolute atomic E-state index is 8.90. The molecule has 0 radical (unpaired) electrons. The molecule has 0 bridgehead atoms. The van der Waals surface area contributed by atoms with Crippen LogP contribution in [0.2, 0.25) is 0 Å². The molecule has 0 fully saturated rings. The van der Waals surface area contributed by atoms with Gasteiger partial charge in [0.2, 0.25) is 0 Å². The monoisotopic (exact) mass is 227 g/mol. The van der Waals surface area contributed by atoms with E-state index in [9.17, 15) is 0 Å². The summed E-state index contributed by atoms with van der Waals surface area (Å²) in [6.45, 7) is 0.0282. The van der Waals surface area contributed by atoms with E-state index in [0.29, 0.717) is 6.42 Å². The fourth-order valence-electron chi connectivity index (χ4n) is 1.83. The minimum absolute atomic E-state index is 0.0282. The van der Waals surface area contributed by atoms with Crippen LogP contribution in [0.3, 0.4) is 0 Å². The summed E-state index contributed by atoms with van der Waals surface area (Å²) >= 11 is 0. The van der Waals surface area contributed by atoms with Crippen LogP contribution in [-0.4, -0.2) is 17.8 Å². The lowest BCUT2D eigenvalue weighted by molar-refractivity contribution is 0.265. The van der Waals surface area contributed by atoms with E-state index in [-0.39, 0.29) is 12.6 Å². The van der Waals surface area contributed by atoms with Crippen LogP contribution in [0, 0.1) is 0 Å². The number of hydrogen-bond acceptors (Lipinski definition) is 2. The van der Waals surface area contributed by atoms with Crippen molar-refractivity contribution in [2.75, 3.05) is 6.61 Å². The minimum Gasteiger partial charge on any atom is -0.395 e. The molecule has 0 aliphatic rings. The second-order valence-corrected chi connectivity index (χ2v) is 4.21. The SMILES string of the molecule is NC(CO)Cc1ccc(-c2ccccc2)cc1. The van der Waals surface area contributed by atoms with Crippen LogP contribution in [0.4, 0.5) is 0 Å². The molecule has 88 valence electrons. The first-order valence-corrected chi connectivity index (χ1v) is 5.80. The first-order valence-electron chi connectivity index (χ1n) is 5.80. The molecule has 0 saturated heterocycles. The van der Waals surface area contributed by atoms with Crippen molar-refractivity contribution in [2.45, 2.75) is 12.5 Å². The Morgan fingerprint density at radius 2 is 1.47 bits per heavy atom. The number of benzene rings is 2. The molecule has 3 N–H and O–H groups in total. The Bertz CT molecular complexity index is 450. The maximum Gasteiger partial charge on any atom is 0.0585 e. The summed E-state index contributed by atoms with van der Waals surface area (Å²) in [5.41, 5.74) is 9.28. The molecule has 0 amide bonds. The van der Waals surface area contributed by atoms with Gasteiger partial charge in [-0.1, -0.05) is 54.6 Å². The summed E-state index contributed by atoms with van der Waals surface area (Å²) < 4.78 is 0. The second-order valence-electron chi connectivity index (χ2n) is 4.21. The Hall–Kier alpha value is -1.64. The van der Waals surface area contributed by atoms with Crippen molar-refractivity contribution >= 4 is 0 Å². The molecule has 0 aromatic heterocycles. The van der Waals surface area contributed by atoms with Crippen molar-refractivity contribution in [1.29, 1.82) is 0 Å². The normalized spacial score (nSPS) is 12.4. The predicted molar refractivity (Wildman–Crippen MR) is 70.6 cm³/mol. The number of nitrogens with two attached hydrogens (primary N) is 1. The highest BCUT2D eigenvalue weighted by Gasteiger charge is 2.02. The van der Waals surface area contributed by atoms with Gasteiger partial charge < -0.3 is 10.8 Å². The van der Waals surface area contributed by atoms with E-state index in [2.05, 4.69) is 36.4 Å². The van der Waals surface area contributed by atoms with Crippen molar-refractivity contribution in [1.82, 2.24) is 0 Å². The molecule has 2 nitrogen and oxygen atoms in total. The van der Waals surface area contributed by atoms with Gasteiger partial charge in [0, 0.05) is 6.04 Å². The van der Waals surface area contributed by atoms with Crippen LogP contribution in [0.5, 0.6) is 0 Å². The van der Waals surface area contributed by atoms with Crippen LogP contribution < -0.4 is 5.73 Å². The van der Waals surface area contributed by atoms with Gasteiger partial charge in [0.05, 0.1) is 6.61 Å². The average Bonchev–Trinajstić information content (AvgIpc) is 2.40. The molecule has 0 aliphatic carbocycles. The standard InChI is InChI=1S/C15H17NO/c16-15(11-17)10-12-6-8-14(9-7-12)13-4-2-1-3-5-13/h1-9,15,17H,10-11,16H2. The van der Waals surface area contributed by atoms with Crippen molar-refractivity contribution in [2.24, 2.45) is 5.73 Å². The van der Waals surface area contributed by atoms with E-state index >= 15 is 0 Å². The van der Waals surface area contributed by atoms with Gasteiger partial charge >= 0.3 is 0 Å². The van der Waals surface area contributed by atoms with E-state index < -0.39 is 0 Å². The minimum atomic E-state index is -0.169. The Labute approximate surface area is 102 Å². The summed E-state index contributed by atoms with van der Waals surface area (Å²) in [6, 6.07) is 18.4. The molecule has 2 heteroatoms. The lowest BCUT2D eigenvalue weighted by Gasteiger charge is -2.08. The second kappa shape index (κ2) is 5.62. The molecule has 2 aromatic rings. The smallest absolute Gasteiger partial charge is 0.0585 e. The van der Waals surface area contributed by atoms with Gasteiger partial charge in [-0.3, -0.25) is 0 Å². The van der Waals surface area contributed by atoms with Gasteiger partial charge in [-0.2, -0.15) is 0 Å². The molecular weight excluding hydrogens is 210 g/mol. The van der Waals surface area contributed by atoms with Crippen molar-refractivity contribution in [3.8, 4) is 11.1 Å². The number of hydrogen-bond donors (Lipinski definition) is 2. The third kappa shape index (κ3) is 3.16. The maximum atomic E-state index is 8.90. The summed E-state index contributed by atoms with van der Waals surface area (Å²) in [7, 11) is 0. The zero-order valence-corrected chi connectivity index (χ0v) is 9.71. The van der Waals surface area contributed by atoms with E-state index in [1.807, 2.05) is 18.2 Å². The predicted octanol–water partition coefficient (Wildman–Crippen LogP) is 2.22. The van der Waals surface area contributed by atoms with E-state index in [1.165, 1.54) is 11.1 Å². The van der Waals surface area contributed by atoms with Gasteiger partial charge in [-0.25, -0.2) is 0 Å². The third-order valence-corrected chi connectivity index (χ3v) is 2.79. The lowest BCUT2D eigenvalue weighted by atomic mass is 10.0.